The normalized spacial score (nSPS) is 12.1. The van der Waals surface area contributed by atoms with E-state index in [4.69, 9.17) is 0 Å². The van der Waals surface area contributed by atoms with E-state index in [0.717, 1.165) is 11.1 Å². The minimum Gasteiger partial charge on any atom is -0.207 e. The predicted molar refractivity (Wildman–Crippen MR) is 65.1 cm³/mol. The first-order valence-corrected chi connectivity index (χ1v) is 5.41. The summed E-state index contributed by atoms with van der Waals surface area (Å²) in [7, 11) is 0. The largest absolute Gasteiger partial charge is 0.207 e. The number of benzene rings is 2. The molecule has 0 heterocycles. The van der Waals surface area contributed by atoms with Crippen molar-refractivity contribution in [1.29, 1.82) is 0 Å². The van der Waals surface area contributed by atoms with E-state index >= 15 is 0 Å². The van der Waals surface area contributed by atoms with Gasteiger partial charge in [-0.25, -0.2) is 4.39 Å². The fraction of sp³-hybridized carbons (Fsp3) is 0.143. The number of halogens is 1. The summed E-state index contributed by atoms with van der Waals surface area (Å²) in [6, 6.07) is 15.1. The number of hydrogen-bond acceptors (Lipinski definition) is 2. The average molecular weight is 229 g/mol. The van der Waals surface area contributed by atoms with Gasteiger partial charge in [-0.3, -0.25) is 0 Å². The molecule has 0 aromatic heterocycles. The Kier molecular flexibility index (Phi) is 3.60. The summed E-state index contributed by atoms with van der Waals surface area (Å²) in [5, 5.41) is 3.11. The molecule has 17 heavy (non-hydrogen) atoms. The topological polar surface area (TPSA) is 29.4 Å². The molecule has 1 atom stereocenters. The standard InChI is InChI=1S/C14H12FNO/c15-13-8-6-12(7-9-13)14(16-17)10-11-4-2-1-3-5-11/h1-9,14H,10H2. The van der Waals surface area contributed by atoms with Gasteiger partial charge in [-0.15, -0.1) is 0 Å². The first-order chi connectivity index (χ1) is 8.29. The molecule has 0 aliphatic rings. The molecule has 2 aromatic rings. The fourth-order valence-electron chi connectivity index (χ4n) is 1.74. The fourth-order valence-corrected chi connectivity index (χ4v) is 1.74. The first-order valence-electron chi connectivity index (χ1n) is 5.41. The third kappa shape index (κ3) is 2.97. The lowest BCUT2D eigenvalue weighted by Gasteiger charge is -2.09. The maximum atomic E-state index is 12.8. The second-order valence-corrected chi connectivity index (χ2v) is 3.86. The van der Waals surface area contributed by atoms with Gasteiger partial charge in [0.1, 0.15) is 11.9 Å². The van der Waals surface area contributed by atoms with Crippen molar-refractivity contribution in [2.24, 2.45) is 5.18 Å². The van der Waals surface area contributed by atoms with Crippen LogP contribution in [0.3, 0.4) is 0 Å². The smallest absolute Gasteiger partial charge is 0.123 e. The van der Waals surface area contributed by atoms with E-state index in [-0.39, 0.29) is 5.82 Å². The highest BCUT2D eigenvalue weighted by molar-refractivity contribution is 5.24. The summed E-state index contributed by atoms with van der Waals surface area (Å²) in [4.78, 5) is 10.9. The molecule has 0 aliphatic carbocycles. The molecule has 0 N–H and O–H groups in total. The van der Waals surface area contributed by atoms with Crippen molar-refractivity contribution in [2.75, 3.05) is 0 Å². The highest BCUT2D eigenvalue weighted by Crippen LogP contribution is 2.22. The van der Waals surface area contributed by atoms with Gasteiger partial charge in [0.15, 0.2) is 0 Å². The molecule has 1 unspecified atom stereocenters. The van der Waals surface area contributed by atoms with Crippen molar-refractivity contribution in [3.05, 3.63) is 76.4 Å². The Morgan fingerprint density at radius 2 is 1.65 bits per heavy atom. The van der Waals surface area contributed by atoms with Crippen LogP contribution in [-0.4, -0.2) is 0 Å². The minimum absolute atomic E-state index is 0.307. The first kappa shape index (κ1) is 11.5. The monoisotopic (exact) mass is 229 g/mol. The third-order valence-corrected chi connectivity index (χ3v) is 2.65. The van der Waals surface area contributed by atoms with Gasteiger partial charge in [0.05, 0.1) is 0 Å². The molecule has 0 saturated heterocycles. The lowest BCUT2D eigenvalue weighted by molar-refractivity contribution is 0.624. The van der Waals surface area contributed by atoms with Crippen molar-refractivity contribution in [2.45, 2.75) is 12.5 Å². The molecule has 0 aliphatic heterocycles. The molecule has 2 aromatic carbocycles. The van der Waals surface area contributed by atoms with Crippen LogP contribution < -0.4 is 0 Å². The summed E-state index contributed by atoms with van der Waals surface area (Å²) in [5.41, 5.74) is 1.78. The van der Waals surface area contributed by atoms with Crippen LogP contribution in [0.2, 0.25) is 0 Å². The summed E-state index contributed by atoms with van der Waals surface area (Å²) < 4.78 is 12.8. The van der Waals surface area contributed by atoms with E-state index in [1.807, 2.05) is 30.3 Å². The van der Waals surface area contributed by atoms with Crippen LogP contribution in [-0.2, 0) is 6.42 Å². The van der Waals surface area contributed by atoms with E-state index in [1.165, 1.54) is 12.1 Å². The zero-order valence-corrected chi connectivity index (χ0v) is 9.21. The Bertz CT molecular complexity index is 481. The molecule has 0 spiro atoms. The maximum Gasteiger partial charge on any atom is 0.123 e. The van der Waals surface area contributed by atoms with Gasteiger partial charge in [0.25, 0.3) is 0 Å². The van der Waals surface area contributed by atoms with E-state index in [0.29, 0.717) is 6.42 Å². The quantitative estimate of drug-likeness (QED) is 0.731. The Balaban J connectivity index is 2.17. The molecule has 0 fully saturated rings. The van der Waals surface area contributed by atoms with Crippen LogP contribution in [0.15, 0.2) is 59.8 Å². The molecule has 0 bridgehead atoms. The Hall–Kier alpha value is -2.03. The maximum absolute atomic E-state index is 12.8. The molecule has 86 valence electrons. The van der Waals surface area contributed by atoms with Crippen LogP contribution in [0.1, 0.15) is 17.2 Å². The van der Waals surface area contributed by atoms with Gasteiger partial charge in [0.2, 0.25) is 0 Å². The van der Waals surface area contributed by atoms with Crippen LogP contribution in [0, 0.1) is 10.7 Å². The summed E-state index contributed by atoms with van der Waals surface area (Å²) >= 11 is 0. The van der Waals surface area contributed by atoms with Gasteiger partial charge < -0.3 is 0 Å². The van der Waals surface area contributed by atoms with Gasteiger partial charge in [0, 0.05) is 6.42 Å². The predicted octanol–water partition coefficient (Wildman–Crippen LogP) is 3.88. The van der Waals surface area contributed by atoms with E-state index in [2.05, 4.69) is 5.18 Å². The van der Waals surface area contributed by atoms with E-state index in [1.54, 1.807) is 12.1 Å². The summed E-state index contributed by atoms with van der Waals surface area (Å²) in [5.74, 6) is -0.307. The van der Waals surface area contributed by atoms with E-state index < -0.39 is 6.04 Å². The second-order valence-electron chi connectivity index (χ2n) is 3.86. The van der Waals surface area contributed by atoms with Crippen molar-refractivity contribution in [1.82, 2.24) is 0 Å². The van der Waals surface area contributed by atoms with Gasteiger partial charge in [-0.05, 0) is 23.3 Å². The van der Waals surface area contributed by atoms with Crippen LogP contribution in [0.25, 0.3) is 0 Å². The summed E-state index contributed by atoms with van der Waals surface area (Å²) in [6.07, 6.45) is 0.538. The SMILES string of the molecule is O=NC(Cc1ccccc1)c1ccc(F)cc1. The van der Waals surface area contributed by atoms with E-state index in [9.17, 15) is 9.30 Å². The van der Waals surface area contributed by atoms with Crippen molar-refractivity contribution < 1.29 is 4.39 Å². The lowest BCUT2D eigenvalue weighted by atomic mass is 10.00. The van der Waals surface area contributed by atoms with Crippen molar-refractivity contribution in [3.8, 4) is 0 Å². The molecule has 0 saturated carbocycles. The number of nitrogens with zero attached hydrogens (tertiary/aromatic N) is 1. The molecule has 3 heteroatoms. The molecule has 0 amide bonds. The van der Waals surface area contributed by atoms with Crippen molar-refractivity contribution in [3.63, 3.8) is 0 Å². The number of nitroso groups, excluding NO2 is 1. The molecule has 0 radical (unpaired) electrons. The minimum atomic E-state index is -0.460. The zero-order valence-electron chi connectivity index (χ0n) is 9.21. The Morgan fingerprint density at radius 1 is 1.00 bits per heavy atom. The van der Waals surface area contributed by atoms with Crippen molar-refractivity contribution >= 4 is 0 Å². The van der Waals surface area contributed by atoms with Gasteiger partial charge >= 0.3 is 0 Å². The highest BCUT2D eigenvalue weighted by atomic mass is 19.1. The zero-order chi connectivity index (χ0) is 12.1. The molecule has 2 nitrogen and oxygen atoms in total. The lowest BCUT2D eigenvalue weighted by Crippen LogP contribution is -1.99. The average Bonchev–Trinajstić information content (AvgIpc) is 2.38. The third-order valence-electron chi connectivity index (χ3n) is 2.65. The molecular formula is C14H12FNO. The van der Waals surface area contributed by atoms with Crippen LogP contribution >= 0.6 is 0 Å². The molecule has 2 rings (SSSR count). The van der Waals surface area contributed by atoms with Crippen LogP contribution in [0.4, 0.5) is 4.39 Å². The van der Waals surface area contributed by atoms with Gasteiger partial charge in [-0.1, -0.05) is 47.6 Å². The molecular weight excluding hydrogens is 217 g/mol. The Labute approximate surface area is 99.1 Å². The van der Waals surface area contributed by atoms with Crippen LogP contribution in [0.5, 0.6) is 0 Å². The number of rotatable bonds is 4. The summed E-state index contributed by atoms with van der Waals surface area (Å²) in [6.45, 7) is 0. The highest BCUT2D eigenvalue weighted by Gasteiger charge is 2.12. The van der Waals surface area contributed by atoms with Gasteiger partial charge in [-0.2, -0.15) is 4.91 Å². The number of hydrogen-bond donors (Lipinski definition) is 0. The second kappa shape index (κ2) is 5.34. The Morgan fingerprint density at radius 3 is 2.24 bits per heavy atom.